The first-order valence-electron chi connectivity index (χ1n) is 4.55. The van der Waals surface area contributed by atoms with Crippen LogP contribution in [0.5, 0.6) is 0 Å². The summed E-state index contributed by atoms with van der Waals surface area (Å²) in [6.45, 7) is 7.64. The number of rotatable bonds is 4. The molecule has 0 aromatic carbocycles. The fourth-order valence-corrected chi connectivity index (χ4v) is 1.39. The van der Waals surface area contributed by atoms with Gasteiger partial charge in [0.1, 0.15) is 0 Å². The molecule has 0 aliphatic carbocycles. The Kier molecular flexibility index (Phi) is 4.26. The van der Waals surface area contributed by atoms with Gasteiger partial charge in [0.2, 0.25) is 0 Å². The number of hydrogen-bond donors (Lipinski definition) is 1. The van der Waals surface area contributed by atoms with Crippen LogP contribution in [-0.4, -0.2) is 11.2 Å². The highest BCUT2D eigenvalue weighted by atomic mass is 16.3. The SMILES string of the molecule is CCCC(C)C(O)C(C)(C)C#N. The summed E-state index contributed by atoms with van der Waals surface area (Å²) in [6.07, 6.45) is 1.52. The second-order valence-corrected chi connectivity index (χ2v) is 4.04. The fraction of sp³-hybridized carbons (Fsp3) is 0.900. The largest absolute Gasteiger partial charge is 0.391 e. The highest BCUT2D eigenvalue weighted by Gasteiger charge is 2.31. The zero-order valence-corrected chi connectivity index (χ0v) is 8.46. The lowest BCUT2D eigenvalue weighted by atomic mass is 9.80. The highest BCUT2D eigenvalue weighted by Crippen LogP contribution is 2.27. The molecule has 2 nitrogen and oxygen atoms in total. The van der Waals surface area contributed by atoms with Gasteiger partial charge in [-0.3, -0.25) is 0 Å². The number of aliphatic hydroxyl groups excluding tert-OH is 1. The van der Waals surface area contributed by atoms with Crippen molar-refractivity contribution in [3.63, 3.8) is 0 Å². The van der Waals surface area contributed by atoms with E-state index in [-0.39, 0.29) is 5.92 Å². The normalized spacial score (nSPS) is 16.7. The first kappa shape index (κ1) is 11.4. The summed E-state index contributed by atoms with van der Waals surface area (Å²) in [5.41, 5.74) is -0.616. The van der Waals surface area contributed by atoms with Crippen LogP contribution in [0.15, 0.2) is 0 Å². The minimum atomic E-state index is -0.616. The van der Waals surface area contributed by atoms with Crippen LogP contribution in [0.25, 0.3) is 0 Å². The number of nitrogens with zero attached hydrogens (tertiary/aromatic N) is 1. The molecule has 0 heterocycles. The molecule has 0 saturated carbocycles. The molecule has 12 heavy (non-hydrogen) atoms. The maximum Gasteiger partial charge on any atom is 0.0778 e. The lowest BCUT2D eigenvalue weighted by Gasteiger charge is -2.28. The lowest BCUT2D eigenvalue weighted by molar-refractivity contribution is 0.0348. The molecule has 2 unspecified atom stereocenters. The Morgan fingerprint density at radius 3 is 2.33 bits per heavy atom. The summed E-state index contributed by atoms with van der Waals surface area (Å²) in [4.78, 5) is 0. The minimum absolute atomic E-state index is 0.213. The van der Waals surface area contributed by atoms with E-state index < -0.39 is 11.5 Å². The first-order valence-corrected chi connectivity index (χ1v) is 4.55. The van der Waals surface area contributed by atoms with Crippen LogP contribution in [0.3, 0.4) is 0 Å². The van der Waals surface area contributed by atoms with Gasteiger partial charge in [0.15, 0.2) is 0 Å². The third-order valence-electron chi connectivity index (χ3n) is 2.31. The monoisotopic (exact) mass is 169 g/mol. The van der Waals surface area contributed by atoms with E-state index in [4.69, 9.17) is 5.26 Å². The fourth-order valence-electron chi connectivity index (χ4n) is 1.39. The van der Waals surface area contributed by atoms with Crippen molar-refractivity contribution < 1.29 is 5.11 Å². The molecule has 0 bridgehead atoms. The van der Waals surface area contributed by atoms with Gasteiger partial charge < -0.3 is 5.11 Å². The molecule has 0 fully saturated rings. The molecule has 0 amide bonds. The Balaban J connectivity index is 4.19. The summed E-state index contributed by atoms with van der Waals surface area (Å²) >= 11 is 0. The van der Waals surface area contributed by atoms with Gasteiger partial charge in [-0.15, -0.1) is 0 Å². The van der Waals surface area contributed by atoms with Crippen LogP contribution in [0.1, 0.15) is 40.5 Å². The van der Waals surface area contributed by atoms with E-state index in [1.165, 1.54) is 0 Å². The van der Waals surface area contributed by atoms with E-state index in [0.29, 0.717) is 0 Å². The van der Waals surface area contributed by atoms with Crippen molar-refractivity contribution in [1.29, 1.82) is 5.26 Å². The van der Waals surface area contributed by atoms with Gasteiger partial charge in [0.05, 0.1) is 17.6 Å². The Morgan fingerprint density at radius 1 is 1.50 bits per heavy atom. The molecule has 70 valence electrons. The van der Waals surface area contributed by atoms with Crippen LogP contribution in [0, 0.1) is 22.7 Å². The van der Waals surface area contributed by atoms with Crippen LogP contribution in [0.4, 0.5) is 0 Å². The third-order valence-corrected chi connectivity index (χ3v) is 2.31. The molecule has 0 radical (unpaired) electrons. The zero-order valence-electron chi connectivity index (χ0n) is 8.46. The van der Waals surface area contributed by atoms with E-state index in [9.17, 15) is 5.11 Å². The van der Waals surface area contributed by atoms with E-state index in [1.807, 2.05) is 6.92 Å². The van der Waals surface area contributed by atoms with Crippen LogP contribution >= 0.6 is 0 Å². The molecular weight excluding hydrogens is 150 g/mol. The standard InChI is InChI=1S/C10H19NO/c1-5-6-8(2)9(12)10(3,4)7-11/h8-9,12H,5-6H2,1-4H3. The van der Waals surface area contributed by atoms with Crippen molar-refractivity contribution in [2.45, 2.75) is 46.6 Å². The van der Waals surface area contributed by atoms with E-state index in [2.05, 4.69) is 13.0 Å². The smallest absolute Gasteiger partial charge is 0.0778 e. The van der Waals surface area contributed by atoms with Gasteiger partial charge in [-0.05, 0) is 26.2 Å². The summed E-state index contributed by atoms with van der Waals surface area (Å²) < 4.78 is 0. The van der Waals surface area contributed by atoms with E-state index >= 15 is 0 Å². The van der Waals surface area contributed by atoms with Crippen molar-refractivity contribution in [3.8, 4) is 6.07 Å². The molecular formula is C10H19NO. The maximum absolute atomic E-state index is 9.75. The molecule has 2 atom stereocenters. The van der Waals surface area contributed by atoms with Gasteiger partial charge in [-0.2, -0.15) is 5.26 Å². The van der Waals surface area contributed by atoms with Crippen LogP contribution < -0.4 is 0 Å². The van der Waals surface area contributed by atoms with Crippen LogP contribution in [0.2, 0.25) is 0 Å². The number of hydrogen-bond acceptors (Lipinski definition) is 2. The predicted octanol–water partition coefficient (Wildman–Crippen LogP) is 2.33. The van der Waals surface area contributed by atoms with Crippen molar-refractivity contribution in [3.05, 3.63) is 0 Å². The summed E-state index contributed by atoms with van der Waals surface area (Å²) in [5.74, 6) is 0.213. The molecule has 2 heteroatoms. The maximum atomic E-state index is 9.75. The molecule has 0 aliphatic heterocycles. The topological polar surface area (TPSA) is 44.0 Å². The summed E-state index contributed by atoms with van der Waals surface area (Å²) in [5, 5.41) is 18.5. The molecule has 1 N–H and O–H groups in total. The molecule has 0 aliphatic rings. The molecule has 0 saturated heterocycles. The van der Waals surface area contributed by atoms with Gasteiger partial charge in [-0.1, -0.05) is 20.3 Å². The second kappa shape index (κ2) is 4.47. The van der Waals surface area contributed by atoms with Crippen molar-refractivity contribution in [2.24, 2.45) is 11.3 Å². The van der Waals surface area contributed by atoms with Crippen molar-refractivity contribution >= 4 is 0 Å². The Labute approximate surface area is 75.2 Å². The molecule has 0 aromatic rings. The van der Waals surface area contributed by atoms with Gasteiger partial charge in [0.25, 0.3) is 0 Å². The highest BCUT2D eigenvalue weighted by molar-refractivity contribution is 4.98. The number of aliphatic hydroxyl groups is 1. The average Bonchev–Trinajstić information content (AvgIpc) is 2.03. The summed E-state index contributed by atoms with van der Waals surface area (Å²) in [6, 6.07) is 2.13. The summed E-state index contributed by atoms with van der Waals surface area (Å²) in [7, 11) is 0. The molecule has 0 spiro atoms. The minimum Gasteiger partial charge on any atom is -0.391 e. The Hall–Kier alpha value is -0.550. The Morgan fingerprint density at radius 2 is 2.00 bits per heavy atom. The zero-order chi connectivity index (χ0) is 9.78. The van der Waals surface area contributed by atoms with Gasteiger partial charge in [0, 0.05) is 0 Å². The first-order chi connectivity index (χ1) is 5.45. The molecule has 0 aromatic heterocycles. The van der Waals surface area contributed by atoms with Gasteiger partial charge >= 0.3 is 0 Å². The average molecular weight is 169 g/mol. The van der Waals surface area contributed by atoms with E-state index in [1.54, 1.807) is 13.8 Å². The van der Waals surface area contributed by atoms with Crippen molar-refractivity contribution in [1.82, 2.24) is 0 Å². The third kappa shape index (κ3) is 2.83. The quantitative estimate of drug-likeness (QED) is 0.702. The second-order valence-electron chi connectivity index (χ2n) is 4.04. The lowest BCUT2D eigenvalue weighted by Crippen LogP contribution is -2.33. The van der Waals surface area contributed by atoms with Crippen LogP contribution in [-0.2, 0) is 0 Å². The Bertz CT molecular complexity index is 169. The number of nitriles is 1. The van der Waals surface area contributed by atoms with Gasteiger partial charge in [-0.25, -0.2) is 0 Å². The molecule has 0 rings (SSSR count). The van der Waals surface area contributed by atoms with Crippen molar-refractivity contribution in [2.75, 3.05) is 0 Å². The van der Waals surface area contributed by atoms with E-state index in [0.717, 1.165) is 12.8 Å². The predicted molar refractivity (Wildman–Crippen MR) is 49.5 cm³/mol.